The Hall–Kier alpha value is -1.99. The van der Waals surface area contributed by atoms with Gasteiger partial charge in [-0.15, -0.1) is 25.6 Å². The van der Waals surface area contributed by atoms with Crippen LogP contribution in [0.4, 0.5) is 17.6 Å². The first-order valence-corrected chi connectivity index (χ1v) is 6.79. The van der Waals surface area contributed by atoms with Gasteiger partial charge >= 0.3 is 6.36 Å². The van der Waals surface area contributed by atoms with Gasteiger partial charge in [-0.1, -0.05) is 17.7 Å². The zero-order valence-electron chi connectivity index (χ0n) is 12.7. The van der Waals surface area contributed by atoms with Crippen LogP contribution < -0.4 is 15.2 Å². The Bertz CT molecular complexity index is 692. The number of benzene rings is 2. The van der Waals surface area contributed by atoms with Gasteiger partial charge in [-0.25, -0.2) is 4.39 Å². The van der Waals surface area contributed by atoms with E-state index in [1.165, 1.54) is 18.2 Å². The van der Waals surface area contributed by atoms with Crippen LogP contribution in [-0.4, -0.2) is 19.5 Å². The molecular formula is C16H16ClF4NO2. The van der Waals surface area contributed by atoms with Gasteiger partial charge < -0.3 is 15.2 Å². The molecule has 24 heavy (non-hydrogen) atoms. The Morgan fingerprint density at radius 1 is 1.04 bits per heavy atom. The number of aryl methyl sites for hydroxylation is 1. The minimum Gasteiger partial charge on any atom is -0.488 e. The molecule has 0 spiro atoms. The summed E-state index contributed by atoms with van der Waals surface area (Å²) in [6.45, 7) is 1.93. The molecule has 3 nitrogen and oxygen atoms in total. The van der Waals surface area contributed by atoms with Crippen LogP contribution in [0.15, 0.2) is 36.4 Å². The molecule has 8 heteroatoms. The highest BCUT2D eigenvalue weighted by molar-refractivity contribution is 5.85. The molecule has 0 aromatic heterocycles. The third-order valence-electron chi connectivity index (χ3n) is 2.98. The van der Waals surface area contributed by atoms with Crippen LogP contribution in [0, 0.1) is 12.7 Å². The predicted molar refractivity (Wildman–Crippen MR) is 85.1 cm³/mol. The van der Waals surface area contributed by atoms with Gasteiger partial charge in [0.05, 0.1) is 0 Å². The first kappa shape index (κ1) is 20.1. The van der Waals surface area contributed by atoms with E-state index in [1.807, 2.05) is 0 Å². The van der Waals surface area contributed by atoms with Crippen molar-refractivity contribution < 1.29 is 27.0 Å². The summed E-state index contributed by atoms with van der Waals surface area (Å²) >= 11 is 0. The molecule has 0 bridgehead atoms. The molecule has 0 aliphatic heterocycles. The average molecular weight is 366 g/mol. The number of alkyl halides is 3. The van der Waals surface area contributed by atoms with Crippen LogP contribution in [0.3, 0.4) is 0 Å². The fourth-order valence-electron chi connectivity index (χ4n) is 2.03. The molecule has 0 atom stereocenters. The molecule has 132 valence electrons. The van der Waals surface area contributed by atoms with E-state index in [0.29, 0.717) is 0 Å². The second kappa shape index (κ2) is 8.21. The van der Waals surface area contributed by atoms with Crippen molar-refractivity contribution in [3.63, 3.8) is 0 Å². The molecule has 0 radical (unpaired) electrons. The van der Waals surface area contributed by atoms with Crippen molar-refractivity contribution in [3.8, 4) is 22.6 Å². The smallest absolute Gasteiger partial charge is 0.488 e. The Morgan fingerprint density at radius 3 is 2.38 bits per heavy atom. The third-order valence-corrected chi connectivity index (χ3v) is 2.98. The summed E-state index contributed by atoms with van der Waals surface area (Å²) in [6, 6.07) is 8.24. The fraction of sp³-hybridized carbons (Fsp3) is 0.250. The number of halogens is 5. The first-order chi connectivity index (χ1) is 10.8. The van der Waals surface area contributed by atoms with Gasteiger partial charge in [0.2, 0.25) is 0 Å². The van der Waals surface area contributed by atoms with Gasteiger partial charge in [-0.05, 0) is 36.8 Å². The lowest BCUT2D eigenvalue weighted by molar-refractivity contribution is -0.275. The van der Waals surface area contributed by atoms with Gasteiger partial charge in [-0.3, -0.25) is 0 Å². The normalized spacial score (nSPS) is 10.9. The molecule has 0 fully saturated rings. The Labute approximate surface area is 142 Å². The van der Waals surface area contributed by atoms with E-state index in [9.17, 15) is 17.6 Å². The summed E-state index contributed by atoms with van der Waals surface area (Å²) in [5, 5.41) is 0. The SMILES string of the molecule is Cc1ccc(F)c(-c2ccc(OCCN)c(OC(F)(F)F)c2)c1.Cl. The maximum absolute atomic E-state index is 13.9. The monoisotopic (exact) mass is 365 g/mol. The fourth-order valence-corrected chi connectivity index (χ4v) is 2.03. The lowest BCUT2D eigenvalue weighted by atomic mass is 10.0. The Kier molecular flexibility index (Phi) is 6.86. The summed E-state index contributed by atoms with van der Waals surface area (Å²) in [7, 11) is 0. The highest BCUT2D eigenvalue weighted by atomic mass is 35.5. The molecule has 0 aliphatic carbocycles. The summed E-state index contributed by atoms with van der Waals surface area (Å²) < 4.78 is 60.7. The molecule has 2 rings (SSSR count). The summed E-state index contributed by atoms with van der Waals surface area (Å²) in [6.07, 6.45) is -4.88. The van der Waals surface area contributed by atoms with Crippen molar-refractivity contribution in [2.75, 3.05) is 13.2 Å². The molecule has 0 saturated carbocycles. The van der Waals surface area contributed by atoms with Crippen molar-refractivity contribution in [2.24, 2.45) is 5.73 Å². The molecule has 0 amide bonds. The minimum atomic E-state index is -4.88. The number of hydrogen-bond donors (Lipinski definition) is 1. The average Bonchev–Trinajstić information content (AvgIpc) is 2.47. The molecule has 2 aromatic carbocycles. The highest BCUT2D eigenvalue weighted by Gasteiger charge is 2.32. The van der Waals surface area contributed by atoms with Crippen LogP contribution in [-0.2, 0) is 0 Å². The van der Waals surface area contributed by atoms with E-state index < -0.39 is 17.9 Å². The second-order valence-electron chi connectivity index (χ2n) is 4.83. The lowest BCUT2D eigenvalue weighted by Gasteiger charge is -2.15. The van der Waals surface area contributed by atoms with Gasteiger partial charge in [0.1, 0.15) is 12.4 Å². The maximum atomic E-state index is 13.9. The lowest BCUT2D eigenvalue weighted by Crippen LogP contribution is -2.18. The summed E-state index contributed by atoms with van der Waals surface area (Å²) in [5.41, 5.74) is 6.49. The predicted octanol–water partition coefficient (Wildman–Crippen LogP) is 4.46. The second-order valence-corrected chi connectivity index (χ2v) is 4.83. The van der Waals surface area contributed by atoms with Crippen molar-refractivity contribution in [1.29, 1.82) is 0 Å². The molecule has 0 unspecified atom stereocenters. The number of nitrogens with two attached hydrogens (primary N) is 1. The van der Waals surface area contributed by atoms with Gasteiger partial charge in [-0.2, -0.15) is 0 Å². The largest absolute Gasteiger partial charge is 0.573 e. The Morgan fingerprint density at radius 2 is 1.75 bits per heavy atom. The minimum absolute atomic E-state index is 0. The molecule has 0 aliphatic rings. The van der Waals surface area contributed by atoms with Crippen molar-refractivity contribution >= 4 is 12.4 Å². The number of ether oxygens (including phenoxy) is 2. The van der Waals surface area contributed by atoms with E-state index in [-0.39, 0.29) is 42.4 Å². The first-order valence-electron chi connectivity index (χ1n) is 6.79. The van der Waals surface area contributed by atoms with Crippen LogP contribution in [0.2, 0.25) is 0 Å². The van der Waals surface area contributed by atoms with Crippen LogP contribution in [0.25, 0.3) is 11.1 Å². The van der Waals surface area contributed by atoms with Crippen LogP contribution in [0.5, 0.6) is 11.5 Å². The summed E-state index contributed by atoms with van der Waals surface area (Å²) in [4.78, 5) is 0. The topological polar surface area (TPSA) is 44.5 Å². The highest BCUT2D eigenvalue weighted by Crippen LogP contribution is 2.37. The Balaban J connectivity index is 0.00000288. The molecular weight excluding hydrogens is 350 g/mol. The zero-order valence-corrected chi connectivity index (χ0v) is 13.5. The third kappa shape index (κ3) is 5.28. The number of rotatable bonds is 5. The maximum Gasteiger partial charge on any atom is 0.573 e. The van der Waals surface area contributed by atoms with E-state index in [2.05, 4.69) is 4.74 Å². The van der Waals surface area contributed by atoms with E-state index >= 15 is 0 Å². The van der Waals surface area contributed by atoms with E-state index in [4.69, 9.17) is 10.5 Å². The van der Waals surface area contributed by atoms with Gasteiger partial charge in [0.25, 0.3) is 0 Å². The van der Waals surface area contributed by atoms with Crippen LogP contribution >= 0.6 is 12.4 Å². The van der Waals surface area contributed by atoms with Crippen molar-refractivity contribution in [3.05, 3.63) is 47.8 Å². The zero-order chi connectivity index (χ0) is 17.0. The van der Waals surface area contributed by atoms with E-state index in [1.54, 1.807) is 19.1 Å². The van der Waals surface area contributed by atoms with Crippen LogP contribution in [0.1, 0.15) is 5.56 Å². The van der Waals surface area contributed by atoms with Gasteiger partial charge in [0.15, 0.2) is 11.5 Å². The molecule has 2 aromatic rings. The van der Waals surface area contributed by atoms with E-state index in [0.717, 1.165) is 11.6 Å². The number of hydrogen-bond acceptors (Lipinski definition) is 3. The molecule has 2 N–H and O–H groups in total. The molecule has 0 saturated heterocycles. The van der Waals surface area contributed by atoms with Crippen molar-refractivity contribution in [1.82, 2.24) is 0 Å². The molecule has 0 heterocycles. The summed E-state index contributed by atoms with van der Waals surface area (Å²) in [5.74, 6) is -1.18. The van der Waals surface area contributed by atoms with Gasteiger partial charge in [0, 0.05) is 12.1 Å². The van der Waals surface area contributed by atoms with Crippen molar-refractivity contribution in [2.45, 2.75) is 13.3 Å². The standard InChI is InChI=1S/C16H15F4NO2.ClH/c1-10-2-4-13(17)12(8-10)11-3-5-14(22-7-6-21)15(9-11)23-16(18,19)20;/h2-5,8-9H,6-7,21H2,1H3;1H. The quantitative estimate of drug-likeness (QED) is 0.796.